The number of hydrogen-bond donors (Lipinski definition) is 1. The molecule has 1 atom stereocenters. The topological polar surface area (TPSA) is 70.1 Å². The maximum atomic E-state index is 12.2. The largest absolute Gasteiger partial charge is 0.465 e. The maximum Gasteiger partial charge on any atom is 0.409 e. The number of benzene rings is 2. The van der Waals surface area contributed by atoms with Crippen LogP contribution in [0.1, 0.15) is 18.4 Å². The maximum absolute atomic E-state index is 12.2. The van der Waals surface area contributed by atoms with E-state index in [-0.39, 0.29) is 6.04 Å². The van der Waals surface area contributed by atoms with Crippen LogP contribution >= 0.6 is 0 Å². The first-order valence-corrected chi connectivity index (χ1v) is 9.55. The van der Waals surface area contributed by atoms with E-state index in [1.165, 1.54) is 17.6 Å². The Morgan fingerprint density at radius 3 is 2.43 bits per heavy atom. The summed E-state index contributed by atoms with van der Waals surface area (Å²) in [6.45, 7) is 1.37. The first-order valence-electron chi connectivity index (χ1n) is 9.55. The molecule has 1 saturated heterocycles. The van der Waals surface area contributed by atoms with Gasteiger partial charge in [-0.15, -0.1) is 0 Å². The molecular weight excluding hydrogens is 356 g/mol. The molecule has 0 radical (unpaired) electrons. The molecule has 2 aromatic rings. The van der Waals surface area contributed by atoms with Crippen LogP contribution in [0.15, 0.2) is 54.6 Å². The van der Waals surface area contributed by atoms with Crippen molar-refractivity contribution in [3.8, 4) is 11.1 Å². The van der Waals surface area contributed by atoms with Crippen molar-refractivity contribution in [2.45, 2.75) is 25.3 Å². The Bertz CT molecular complexity index is 792. The number of amides is 2. The second-order valence-corrected chi connectivity index (χ2v) is 7.00. The van der Waals surface area contributed by atoms with Gasteiger partial charge in [0, 0.05) is 19.6 Å². The predicted molar refractivity (Wildman–Crippen MR) is 107 cm³/mol. The van der Waals surface area contributed by atoms with E-state index >= 15 is 0 Å². The summed E-state index contributed by atoms with van der Waals surface area (Å²) in [7, 11) is 1.35. The van der Waals surface area contributed by atoms with Crippen molar-refractivity contribution < 1.29 is 19.4 Å². The number of methoxy groups -OCH3 is 1. The molecule has 1 unspecified atom stereocenters. The van der Waals surface area contributed by atoms with E-state index in [9.17, 15) is 14.7 Å². The molecule has 1 N–H and O–H groups in total. The molecule has 28 heavy (non-hydrogen) atoms. The molecule has 6 heteroatoms. The summed E-state index contributed by atoms with van der Waals surface area (Å²) in [6, 6.07) is 18.3. The standard InChI is InChI=1S/C22H26N2O4/c1-28-22(27)23(16-20-8-5-14-24(20)21(25)26)15-13-17-9-11-19(12-10-17)18-6-3-2-4-7-18/h2-4,6-7,9-12,20H,5,8,13-16H2,1H3,(H,25,26). The highest BCUT2D eigenvalue weighted by Crippen LogP contribution is 2.21. The van der Waals surface area contributed by atoms with E-state index in [0.29, 0.717) is 26.1 Å². The summed E-state index contributed by atoms with van der Waals surface area (Å²) >= 11 is 0. The van der Waals surface area contributed by atoms with Crippen molar-refractivity contribution >= 4 is 12.2 Å². The Kier molecular flexibility index (Phi) is 6.53. The summed E-state index contributed by atoms with van der Waals surface area (Å²) in [5.41, 5.74) is 3.44. The SMILES string of the molecule is COC(=O)N(CCc1ccc(-c2ccccc2)cc1)CC1CCCN1C(=O)O. The number of carboxylic acid groups (broad SMARTS) is 1. The monoisotopic (exact) mass is 382 g/mol. The quantitative estimate of drug-likeness (QED) is 0.816. The van der Waals surface area contributed by atoms with E-state index in [1.807, 2.05) is 18.2 Å². The summed E-state index contributed by atoms with van der Waals surface area (Å²) in [5, 5.41) is 9.31. The van der Waals surface area contributed by atoms with Gasteiger partial charge in [-0.2, -0.15) is 0 Å². The highest BCUT2D eigenvalue weighted by molar-refractivity contribution is 5.68. The molecular formula is C22H26N2O4. The van der Waals surface area contributed by atoms with Crippen LogP contribution in [0.4, 0.5) is 9.59 Å². The van der Waals surface area contributed by atoms with Crippen molar-refractivity contribution in [3.05, 3.63) is 60.2 Å². The summed E-state index contributed by atoms with van der Waals surface area (Å²) in [5.74, 6) is 0. The Balaban J connectivity index is 1.62. The van der Waals surface area contributed by atoms with Crippen molar-refractivity contribution in [3.63, 3.8) is 0 Å². The molecule has 2 amide bonds. The summed E-state index contributed by atoms with van der Waals surface area (Å²) in [4.78, 5) is 26.6. The predicted octanol–water partition coefficient (Wildman–Crippen LogP) is 4.11. The lowest BCUT2D eigenvalue weighted by Gasteiger charge is -2.28. The van der Waals surface area contributed by atoms with Crippen molar-refractivity contribution in [2.24, 2.45) is 0 Å². The zero-order valence-corrected chi connectivity index (χ0v) is 16.1. The van der Waals surface area contributed by atoms with Crippen LogP contribution in [0.3, 0.4) is 0 Å². The Morgan fingerprint density at radius 2 is 1.79 bits per heavy atom. The molecule has 148 valence electrons. The number of rotatable bonds is 6. The normalized spacial score (nSPS) is 16.0. The smallest absolute Gasteiger partial charge is 0.409 e. The molecule has 0 saturated carbocycles. The van der Waals surface area contributed by atoms with Gasteiger partial charge in [0.05, 0.1) is 13.2 Å². The van der Waals surface area contributed by atoms with Crippen LogP contribution in [0.5, 0.6) is 0 Å². The van der Waals surface area contributed by atoms with Gasteiger partial charge in [0.2, 0.25) is 0 Å². The van der Waals surface area contributed by atoms with Gasteiger partial charge in [-0.1, -0.05) is 54.6 Å². The molecule has 6 nitrogen and oxygen atoms in total. The second kappa shape index (κ2) is 9.26. The third-order valence-electron chi connectivity index (χ3n) is 5.22. The molecule has 1 aliphatic heterocycles. The lowest BCUT2D eigenvalue weighted by Crippen LogP contribution is -2.45. The van der Waals surface area contributed by atoms with E-state index < -0.39 is 12.2 Å². The molecule has 1 fully saturated rings. The van der Waals surface area contributed by atoms with Crippen LogP contribution in [0.2, 0.25) is 0 Å². The third kappa shape index (κ3) is 4.82. The highest BCUT2D eigenvalue weighted by Gasteiger charge is 2.31. The van der Waals surface area contributed by atoms with Crippen molar-refractivity contribution in [2.75, 3.05) is 26.7 Å². The number of carbonyl (C=O) groups excluding carboxylic acids is 1. The Hall–Kier alpha value is -3.02. The van der Waals surface area contributed by atoms with E-state index in [2.05, 4.69) is 36.4 Å². The second-order valence-electron chi connectivity index (χ2n) is 7.00. The van der Waals surface area contributed by atoms with Crippen molar-refractivity contribution in [1.29, 1.82) is 0 Å². The minimum absolute atomic E-state index is 0.169. The third-order valence-corrected chi connectivity index (χ3v) is 5.22. The highest BCUT2D eigenvalue weighted by atomic mass is 16.5. The van der Waals surface area contributed by atoms with Crippen LogP contribution in [0, 0.1) is 0 Å². The lowest BCUT2D eigenvalue weighted by molar-refractivity contribution is 0.101. The van der Waals surface area contributed by atoms with Gasteiger partial charge in [-0.25, -0.2) is 9.59 Å². The molecule has 0 aliphatic carbocycles. The molecule has 1 aliphatic rings. The molecule has 2 aromatic carbocycles. The Labute approximate surface area is 165 Å². The van der Waals surface area contributed by atoms with Gasteiger partial charge >= 0.3 is 12.2 Å². The average Bonchev–Trinajstić information content (AvgIpc) is 3.20. The number of likely N-dealkylation sites (tertiary alicyclic amines) is 1. The fourth-order valence-electron chi connectivity index (χ4n) is 3.68. The van der Waals surface area contributed by atoms with E-state index in [4.69, 9.17) is 4.74 Å². The average molecular weight is 382 g/mol. The molecule has 0 spiro atoms. The van der Waals surface area contributed by atoms with Crippen LogP contribution in [0.25, 0.3) is 11.1 Å². The molecule has 3 rings (SSSR count). The first kappa shape index (κ1) is 19.7. The van der Waals surface area contributed by atoms with Gasteiger partial charge in [0.25, 0.3) is 0 Å². The van der Waals surface area contributed by atoms with Crippen LogP contribution in [-0.4, -0.2) is 59.9 Å². The Morgan fingerprint density at radius 1 is 1.11 bits per heavy atom. The zero-order valence-electron chi connectivity index (χ0n) is 16.1. The minimum Gasteiger partial charge on any atom is -0.465 e. The van der Waals surface area contributed by atoms with E-state index in [1.54, 1.807) is 4.90 Å². The van der Waals surface area contributed by atoms with Gasteiger partial charge in [-0.3, -0.25) is 0 Å². The van der Waals surface area contributed by atoms with Crippen LogP contribution < -0.4 is 0 Å². The van der Waals surface area contributed by atoms with Gasteiger partial charge in [0.15, 0.2) is 0 Å². The minimum atomic E-state index is -0.927. The summed E-state index contributed by atoms with van der Waals surface area (Å²) < 4.78 is 4.90. The summed E-state index contributed by atoms with van der Waals surface area (Å²) in [6.07, 6.45) is 0.935. The first-order chi connectivity index (χ1) is 13.6. The van der Waals surface area contributed by atoms with Gasteiger partial charge < -0.3 is 19.6 Å². The van der Waals surface area contributed by atoms with Crippen LogP contribution in [-0.2, 0) is 11.2 Å². The molecule has 0 aromatic heterocycles. The molecule has 1 heterocycles. The lowest BCUT2D eigenvalue weighted by atomic mass is 10.0. The van der Waals surface area contributed by atoms with Gasteiger partial charge in [-0.05, 0) is 36.0 Å². The fourth-order valence-corrected chi connectivity index (χ4v) is 3.68. The molecule has 0 bridgehead atoms. The van der Waals surface area contributed by atoms with Crippen molar-refractivity contribution in [1.82, 2.24) is 9.80 Å². The van der Waals surface area contributed by atoms with E-state index in [0.717, 1.165) is 24.0 Å². The number of ether oxygens (including phenoxy) is 1. The van der Waals surface area contributed by atoms with Gasteiger partial charge in [0.1, 0.15) is 0 Å². The number of nitrogens with zero attached hydrogens (tertiary/aromatic N) is 2. The number of hydrogen-bond acceptors (Lipinski definition) is 3. The zero-order chi connectivity index (χ0) is 19.9. The number of carbonyl (C=O) groups is 2. The fraction of sp³-hybridized carbons (Fsp3) is 0.364.